The summed E-state index contributed by atoms with van der Waals surface area (Å²) in [5, 5.41) is 6.89. The zero-order valence-corrected chi connectivity index (χ0v) is 4.92. The highest BCUT2D eigenvalue weighted by molar-refractivity contribution is 5.78. The van der Waals surface area contributed by atoms with Gasteiger partial charge in [-0.2, -0.15) is 0 Å². The van der Waals surface area contributed by atoms with Crippen LogP contribution in [0, 0.1) is 5.41 Å². The maximum absolute atomic E-state index is 6.89. The monoisotopic (exact) mass is 124 g/mol. The van der Waals surface area contributed by atoms with Crippen molar-refractivity contribution >= 4 is 5.84 Å². The number of furan rings is 1. The Morgan fingerprint density at radius 1 is 1.78 bits per heavy atom. The Labute approximate surface area is 53.0 Å². The summed E-state index contributed by atoms with van der Waals surface area (Å²) in [4.78, 5) is 0. The van der Waals surface area contributed by atoms with Crippen LogP contribution in [0.15, 0.2) is 22.8 Å². The van der Waals surface area contributed by atoms with Crippen molar-refractivity contribution in [3.63, 3.8) is 0 Å². The van der Waals surface area contributed by atoms with Gasteiger partial charge in [-0.05, 0) is 12.1 Å². The molecule has 3 nitrogen and oxygen atoms in total. The van der Waals surface area contributed by atoms with Gasteiger partial charge < -0.3 is 10.2 Å². The number of amidine groups is 1. The summed E-state index contributed by atoms with van der Waals surface area (Å²) in [5.41, 5.74) is 5.11. The number of rotatable bonds is 2. The largest absolute Gasteiger partial charge is 0.469 e. The Morgan fingerprint density at radius 2 is 2.56 bits per heavy atom. The lowest BCUT2D eigenvalue weighted by Crippen LogP contribution is -2.11. The Morgan fingerprint density at radius 3 is 3.00 bits per heavy atom. The van der Waals surface area contributed by atoms with E-state index < -0.39 is 0 Å². The fourth-order valence-electron chi connectivity index (χ4n) is 0.601. The van der Waals surface area contributed by atoms with E-state index in [1.54, 1.807) is 18.4 Å². The number of nitrogens with two attached hydrogens (primary N) is 1. The lowest BCUT2D eigenvalue weighted by Gasteiger charge is -1.89. The van der Waals surface area contributed by atoms with Crippen LogP contribution in [-0.2, 0) is 6.42 Å². The minimum Gasteiger partial charge on any atom is -0.469 e. The number of hydrogen-bond acceptors (Lipinski definition) is 2. The summed E-state index contributed by atoms with van der Waals surface area (Å²) in [5.74, 6) is 0.868. The van der Waals surface area contributed by atoms with Gasteiger partial charge in [0.15, 0.2) is 0 Å². The van der Waals surface area contributed by atoms with E-state index in [2.05, 4.69) is 0 Å². The van der Waals surface area contributed by atoms with Crippen molar-refractivity contribution in [3.05, 3.63) is 24.2 Å². The molecule has 0 unspecified atom stereocenters. The lowest BCUT2D eigenvalue weighted by molar-refractivity contribution is 0.526. The van der Waals surface area contributed by atoms with Crippen LogP contribution in [0.4, 0.5) is 0 Å². The molecule has 0 aromatic carbocycles. The molecule has 0 aliphatic rings. The van der Waals surface area contributed by atoms with Crippen molar-refractivity contribution in [1.82, 2.24) is 0 Å². The molecule has 3 heteroatoms. The molecule has 3 N–H and O–H groups in total. The average molecular weight is 124 g/mol. The molecular weight excluding hydrogens is 116 g/mol. The molecular formula is C6H8N2O. The maximum atomic E-state index is 6.89. The van der Waals surface area contributed by atoms with E-state index in [1.807, 2.05) is 0 Å². The molecule has 0 fully saturated rings. The van der Waals surface area contributed by atoms with Crippen LogP contribution in [0.25, 0.3) is 0 Å². The smallest absolute Gasteiger partial charge is 0.111 e. The van der Waals surface area contributed by atoms with Crippen LogP contribution in [0.2, 0.25) is 0 Å². The van der Waals surface area contributed by atoms with Crippen LogP contribution >= 0.6 is 0 Å². The zero-order chi connectivity index (χ0) is 6.69. The SMILES string of the molecule is N=C(N)Cc1ccco1. The van der Waals surface area contributed by atoms with Gasteiger partial charge >= 0.3 is 0 Å². The molecule has 9 heavy (non-hydrogen) atoms. The molecule has 0 spiro atoms. The van der Waals surface area contributed by atoms with Gasteiger partial charge in [-0.15, -0.1) is 0 Å². The van der Waals surface area contributed by atoms with E-state index in [0.717, 1.165) is 5.76 Å². The first kappa shape index (κ1) is 5.88. The normalized spacial score (nSPS) is 9.33. The summed E-state index contributed by atoms with van der Waals surface area (Å²) >= 11 is 0. The number of nitrogens with one attached hydrogen (secondary N) is 1. The highest BCUT2D eigenvalue weighted by atomic mass is 16.3. The number of hydrogen-bond donors (Lipinski definition) is 2. The Bertz CT molecular complexity index is 191. The van der Waals surface area contributed by atoms with E-state index in [-0.39, 0.29) is 5.84 Å². The molecule has 0 atom stereocenters. The van der Waals surface area contributed by atoms with Gasteiger partial charge in [0.1, 0.15) is 5.76 Å². The van der Waals surface area contributed by atoms with E-state index in [9.17, 15) is 0 Å². The molecule has 0 saturated heterocycles. The minimum atomic E-state index is 0.130. The standard InChI is InChI=1S/C6H8N2O/c7-6(8)4-5-2-1-3-9-5/h1-3H,4H2,(H3,7,8). The van der Waals surface area contributed by atoms with Crippen molar-refractivity contribution in [3.8, 4) is 0 Å². The fourth-order valence-corrected chi connectivity index (χ4v) is 0.601. The third kappa shape index (κ3) is 1.60. The van der Waals surface area contributed by atoms with E-state index >= 15 is 0 Å². The van der Waals surface area contributed by atoms with Crippen molar-refractivity contribution in [1.29, 1.82) is 5.41 Å². The fraction of sp³-hybridized carbons (Fsp3) is 0.167. The van der Waals surface area contributed by atoms with Crippen LogP contribution in [0.1, 0.15) is 5.76 Å². The predicted octanol–water partition coefficient (Wildman–Crippen LogP) is 0.758. The van der Waals surface area contributed by atoms with E-state index in [1.165, 1.54) is 0 Å². The summed E-state index contributed by atoms with van der Waals surface area (Å²) < 4.78 is 4.92. The highest BCUT2D eigenvalue weighted by Gasteiger charge is 1.94. The van der Waals surface area contributed by atoms with Gasteiger partial charge in [0.05, 0.1) is 18.5 Å². The summed E-state index contributed by atoms with van der Waals surface area (Å²) in [6.07, 6.45) is 1.98. The summed E-state index contributed by atoms with van der Waals surface area (Å²) in [7, 11) is 0. The molecule has 1 heterocycles. The second-order valence-electron chi connectivity index (χ2n) is 1.78. The van der Waals surface area contributed by atoms with Crippen molar-refractivity contribution < 1.29 is 4.42 Å². The molecule has 1 rings (SSSR count). The van der Waals surface area contributed by atoms with Gasteiger partial charge in [-0.3, -0.25) is 5.41 Å². The lowest BCUT2D eigenvalue weighted by atomic mass is 10.3. The van der Waals surface area contributed by atoms with Gasteiger partial charge in [-0.25, -0.2) is 0 Å². The highest BCUT2D eigenvalue weighted by Crippen LogP contribution is 1.99. The molecule has 1 aromatic rings. The zero-order valence-electron chi connectivity index (χ0n) is 4.92. The van der Waals surface area contributed by atoms with Crippen LogP contribution in [0.3, 0.4) is 0 Å². The van der Waals surface area contributed by atoms with E-state index in [4.69, 9.17) is 15.6 Å². The molecule has 48 valence electrons. The molecule has 0 radical (unpaired) electrons. The summed E-state index contributed by atoms with van der Waals surface area (Å²) in [6, 6.07) is 3.57. The van der Waals surface area contributed by atoms with Gasteiger partial charge in [0.2, 0.25) is 0 Å². The Hall–Kier alpha value is -1.25. The first-order valence-corrected chi connectivity index (χ1v) is 2.64. The minimum absolute atomic E-state index is 0.130. The molecule has 0 aliphatic heterocycles. The quantitative estimate of drug-likeness (QED) is 0.451. The van der Waals surface area contributed by atoms with Crippen LogP contribution < -0.4 is 5.73 Å². The van der Waals surface area contributed by atoms with Gasteiger partial charge in [-0.1, -0.05) is 0 Å². The van der Waals surface area contributed by atoms with Gasteiger partial charge in [0, 0.05) is 0 Å². The van der Waals surface area contributed by atoms with Crippen molar-refractivity contribution in [2.75, 3.05) is 0 Å². The predicted molar refractivity (Wildman–Crippen MR) is 34.3 cm³/mol. The van der Waals surface area contributed by atoms with Crippen LogP contribution in [-0.4, -0.2) is 5.84 Å². The first-order chi connectivity index (χ1) is 4.29. The second kappa shape index (κ2) is 2.35. The maximum Gasteiger partial charge on any atom is 0.111 e. The third-order valence-electron chi connectivity index (χ3n) is 0.945. The Balaban J connectivity index is 2.58. The van der Waals surface area contributed by atoms with Crippen LogP contribution in [0.5, 0.6) is 0 Å². The first-order valence-electron chi connectivity index (χ1n) is 2.64. The van der Waals surface area contributed by atoms with E-state index in [0.29, 0.717) is 6.42 Å². The molecule has 0 aliphatic carbocycles. The second-order valence-corrected chi connectivity index (χ2v) is 1.78. The average Bonchev–Trinajstić information content (AvgIpc) is 2.15. The summed E-state index contributed by atoms with van der Waals surface area (Å²) in [6.45, 7) is 0. The molecule has 0 bridgehead atoms. The van der Waals surface area contributed by atoms with Crippen molar-refractivity contribution in [2.24, 2.45) is 5.73 Å². The third-order valence-corrected chi connectivity index (χ3v) is 0.945. The Kier molecular flexibility index (Phi) is 1.53. The van der Waals surface area contributed by atoms with Crippen molar-refractivity contribution in [2.45, 2.75) is 6.42 Å². The molecule has 0 amide bonds. The molecule has 1 aromatic heterocycles. The topological polar surface area (TPSA) is 63.0 Å². The molecule has 0 saturated carbocycles. The van der Waals surface area contributed by atoms with Gasteiger partial charge in [0.25, 0.3) is 0 Å².